The van der Waals surface area contributed by atoms with E-state index in [4.69, 9.17) is 4.74 Å². The van der Waals surface area contributed by atoms with Crippen LogP contribution in [0.5, 0.6) is 0 Å². The van der Waals surface area contributed by atoms with Gasteiger partial charge in [-0.25, -0.2) is 4.98 Å². The quantitative estimate of drug-likeness (QED) is 0.696. The molecule has 1 amide bonds. The van der Waals surface area contributed by atoms with E-state index in [9.17, 15) is 4.79 Å². The average molecular weight is 340 g/mol. The Bertz CT molecular complexity index is 826. The smallest absolute Gasteiger partial charge is 0.254 e. The maximum absolute atomic E-state index is 12.8. The zero-order chi connectivity index (χ0) is 17.1. The van der Waals surface area contributed by atoms with Gasteiger partial charge in [0.25, 0.3) is 5.91 Å². The molecule has 0 aliphatic carbocycles. The van der Waals surface area contributed by atoms with Crippen molar-refractivity contribution in [2.24, 2.45) is 0 Å². The number of methoxy groups -OCH3 is 1. The SMILES string of the molecule is COCc1cccc(C(=O)N(C)[C@H](C)c2nc3ccccc3s2)c1. The van der Waals surface area contributed by atoms with E-state index in [0.29, 0.717) is 12.2 Å². The van der Waals surface area contributed by atoms with Crippen LogP contribution in [0.4, 0.5) is 0 Å². The molecule has 2 aromatic carbocycles. The molecule has 0 bridgehead atoms. The van der Waals surface area contributed by atoms with Crippen molar-refractivity contribution in [1.82, 2.24) is 9.88 Å². The van der Waals surface area contributed by atoms with Gasteiger partial charge in [0.15, 0.2) is 0 Å². The number of carbonyl (C=O) groups excluding carboxylic acids is 1. The van der Waals surface area contributed by atoms with Crippen LogP contribution in [0.3, 0.4) is 0 Å². The summed E-state index contributed by atoms with van der Waals surface area (Å²) in [7, 11) is 3.47. The molecule has 1 atom stereocenters. The Morgan fingerprint density at radius 1 is 1.25 bits per heavy atom. The van der Waals surface area contributed by atoms with Crippen LogP contribution in [0.2, 0.25) is 0 Å². The molecule has 0 saturated heterocycles. The van der Waals surface area contributed by atoms with Crippen molar-refractivity contribution in [3.63, 3.8) is 0 Å². The number of para-hydroxylation sites is 1. The lowest BCUT2D eigenvalue weighted by atomic mass is 10.1. The van der Waals surface area contributed by atoms with E-state index in [1.54, 1.807) is 23.3 Å². The standard InChI is InChI=1S/C19H20N2O2S/c1-13(18-20-16-9-4-5-10-17(16)24-18)21(2)19(22)15-8-6-7-14(11-15)12-23-3/h4-11,13H,12H2,1-3H3/t13-/m1/s1. The summed E-state index contributed by atoms with van der Waals surface area (Å²) in [5.74, 6) is -0.0142. The first-order chi connectivity index (χ1) is 11.6. The second kappa shape index (κ2) is 7.11. The van der Waals surface area contributed by atoms with Crippen LogP contribution >= 0.6 is 11.3 Å². The summed E-state index contributed by atoms with van der Waals surface area (Å²) < 4.78 is 6.28. The number of rotatable bonds is 5. The van der Waals surface area contributed by atoms with Crippen molar-refractivity contribution >= 4 is 27.5 Å². The highest BCUT2D eigenvalue weighted by Crippen LogP contribution is 2.29. The summed E-state index contributed by atoms with van der Waals surface area (Å²) in [6, 6.07) is 15.5. The van der Waals surface area contributed by atoms with E-state index in [2.05, 4.69) is 11.1 Å². The summed E-state index contributed by atoms with van der Waals surface area (Å²) >= 11 is 1.63. The normalized spacial score (nSPS) is 12.3. The number of thiazole rings is 1. The number of aromatic nitrogens is 1. The number of benzene rings is 2. The number of nitrogens with zero attached hydrogens (tertiary/aromatic N) is 2. The van der Waals surface area contributed by atoms with Gasteiger partial charge in [-0.3, -0.25) is 4.79 Å². The van der Waals surface area contributed by atoms with Gasteiger partial charge in [-0.15, -0.1) is 11.3 Å². The minimum Gasteiger partial charge on any atom is -0.380 e. The number of hydrogen-bond donors (Lipinski definition) is 0. The van der Waals surface area contributed by atoms with Crippen LogP contribution in [0.1, 0.15) is 33.9 Å². The average Bonchev–Trinajstić information content (AvgIpc) is 3.04. The molecule has 24 heavy (non-hydrogen) atoms. The molecule has 0 fully saturated rings. The third-order valence-electron chi connectivity index (χ3n) is 4.05. The monoisotopic (exact) mass is 340 g/mol. The molecule has 1 aromatic heterocycles. The fourth-order valence-electron chi connectivity index (χ4n) is 2.57. The van der Waals surface area contributed by atoms with E-state index >= 15 is 0 Å². The molecule has 1 heterocycles. The Labute approximate surface area is 145 Å². The van der Waals surface area contributed by atoms with Gasteiger partial charge in [0.1, 0.15) is 5.01 Å². The highest BCUT2D eigenvalue weighted by atomic mass is 32.1. The molecule has 0 N–H and O–H groups in total. The van der Waals surface area contributed by atoms with Crippen LogP contribution in [-0.4, -0.2) is 29.9 Å². The van der Waals surface area contributed by atoms with Gasteiger partial charge in [0.05, 0.1) is 22.9 Å². The molecule has 0 saturated carbocycles. The first-order valence-corrected chi connectivity index (χ1v) is 8.62. The lowest BCUT2D eigenvalue weighted by molar-refractivity contribution is 0.0742. The molecule has 0 spiro atoms. The topological polar surface area (TPSA) is 42.4 Å². The van der Waals surface area contributed by atoms with Gasteiger partial charge < -0.3 is 9.64 Å². The molecular formula is C19H20N2O2S. The zero-order valence-electron chi connectivity index (χ0n) is 14.0. The van der Waals surface area contributed by atoms with Gasteiger partial charge in [-0.05, 0) is 36.8 Å². The summed E-state index contributed by atoms with van der Waals surface area (Å²) in [5, 5.41) is 0.945. The summed E-state index contributed by atoms with van der Waals surface area (Å²) in [6.45, 7) is 2.51. The number of amides is 1. The van der Waals surface area contributed by atoms with E-state index in [1.165, 1.54) is 0 Å². The first kappa shape index (κ1) is 16.6. The molecule has 4 nitrogen and oxygen atoms in total. The second-order valence-corrected chi connectivity index (χ2v) is 6.81. The molecule has 5 heteroatoms. The summed E-state index contributed by atoms with van der Waals surface area (Å²) in [5.41, 5.74) is 2.64. The minimum absolute atomic E-state index is 0.0142. The Morgan fingerprint density at radius 2 is 2.04 bits per heavy atom. The molecule has 124 valence electrons. The van der Waals surface area contributed by atoms with Crippen LogP contribution in [0.15, 0.2) is 48.5 Å². The number of hydrogen-bond acceptors (Lipinski definition) is 4. The van der Waals surface area contributed by atoms with Crippen molar-refractivity contribution in [2.45, 2.75) is 19.6 Å². The Hall–Kier alpha value is -2.24. The number of fused-ring (bicyclic) bond motifs is 1. The van der Waals surface area contributed by atoms with E-state index in [1.807, 2.05) is 56.4 Å². The third kappa shape index (κ3) is 3.32. The fraction of sp³-hybridized carbons (Fsp3) is 0.263. The van der Waals surface area contributed by atoms with Crippen molar-refractivity contribution in [3.05, 3.63) is 64.7 Å². The lowest BCUT2D eigenvalue weighted by Crippen LogP contribution is -2.29. The largest absolute Gasteiger partial charge is 0.380 e. The molecular weight excluding hydrogens is 320 g/mol. The molecule has 0 unspecified atom stereocenters. The Kier molecular flexibility index (Phi) is 4.92. The van der Waals surface area contributed by atoms with Gasteiger partial charge in [-0.2, -0.15) is 0 Å². The van der Waals surface area contributed by atoms with Crippen molar-refractivity contribution in [3.8, 4) is 0 Å². The van der Waals surface area contributed by atoms with Gasteiger partial charge in [-0.1, -0.05) is 24.3 Å². The van der Waals surface area contributed by atoms with E-state index < -0.39 is 0 Å². The third-order valence-corrected chi connectivity index (χ3v) is 5.26. The molecule has 0 aliphatic rings. The van der Waals surface area contributed by atoms with Gasteiger partial charge >= 0.3 is 0 Å². The summed E-state index contributed by atoms with van der Waals surface area (Å²) in [4.78, 5) is 19.2. The van der Waals surface area contributed by atoms with E-state index in [0.717, 1.165) is 20.8 Å². The van der Waals surface area contributed by atoms with Gasteiger partial charge in [0.2, 0.25) is 0 Å². The van der Waals surface area contributed by atoms with Crippen molar-refractivity contribution in [1.29, 1.82) is 0 Å². The van der Waals surface area contributed by atoms with Crippen molar-refractivity contribution < 1.29 is 9.53 Å². The minimum atomic E-state index is -0.0824. The fourth-order valence-corrected chi connectivity index (χ4v) is 3.64. The number of carbonyl (C=O) groups is 1. The maximum Gasteiger partial charge on any atom is 0.254 e. The highest BCUT2D eigenvalue weighted by molar-refractivity contribution is 7.18. The maximum atomic E-state index is 12.8. The molecule has 0 aliphatic heterocycles. The lowest BCUT2D eigenvalue weighted by Gasteiger charge is -2.23. The van der Waals surface area contributed by atoms with Crippen LogP contribution in [0, 0.1) is 0 Å². The predicted molar refractivity (Wildman–Crippen MR) is 97.3 cm³/mol. The van der Waals surface area contributed by atoms with E-state index in [-0.39, 0.29) is 11.9 Å². The zero-order valence-corrected chi connectivity index (χ0v) is 14.8. The number of ether oxygens (including phenoxy) is 1. The van der Waals surface area contributed by atoms with Crippen LogP contribution in [0.25, 0.3) is 10.2 Å². The molecule has 3 aromatic rings. The summed E-state index contributed by atoms with van der Waals surface area (Å²) in [6.07, 6.45) is 0. The first-order valence-electron chi connectivity index (χ1n) is 7.80. The van der Waals surface area contributed by atoms with Crippen LogP contribution < -0.4 is 0 Å². The molecule has 3 rings (SSSR count). The van der Waals surface area contributed by atoms with Crippen LogP contribution in [-0.2, 0) is 11.3 Å². The highest BCUT2D eigenvalue weighted by Gasteiger charge is 2.22. The molecule has 0 radical (unpaired) electrons. The Balaban J connectivity index is 1.83. The Morgan fingerprint density at radius 3 is 2.79 bits per heavy atom. The predicted octanol–water partition coefficient (Wildman–Crippen LogP) is 4.28. The van der Waals surface area contributed by atoms with Gasteiger partial charge in [0, 0.05) is 19.7 Å². The van der Waals surface area contributed by atoms with Crippen molar-refractivity contribution in [2.75, 3.05) is 14.2 Å². The second-order valence-electron chi connectivity index (χ2n) is 5.75.